The number of hydrogen-bond acceptors (Lipinski definition) is 3. The Balaban J connectivity index is 1.52. The molecule has 9 heteroatoms. The number of piperidine rings is 1. The number of anilines is 2. The molecule has 1 aliphatic rings. The largest absolute Gasteiger partial charge is 0.418 e. The van der Waals surface area contributed by atoms with Gasteiger partial charge < -0.3 is 15.5 Å². The normalized spacial score (nSPS) is 16.1. The van der Waals surface area contributed by atoms with Gasteiger partial charge in [-0.25, -0.2) is 0 Å². The average Bonchev–Trinajstić information content (AvgIpc) is 2.83. The fourth-order valence-corrected chi connectivity index (χ4v) is 4.36. The molecule has 1 heterocycles. The summed E-state index contributed by atoms with van der Waals surface area (Å²) in [6.07, 6.45) is -3.72. The lowest BCUT2D eigenvalue weighted by atomic mass is 9.95. The van der Waals surface area contributed by atoms with E-state index in [9.17, 15) is 27.6 Å². The van der Waals surface area contributed by atoms with Gasteiger partial charge in [0.15, 0.2) is 0 Å². The number of nitrogens with one attached hydrogen (secondary N) is 2. The molecule has 1 saturated heterocycles. The van der Waals surface area contributed by atoms with Gasteiger partial charge in [-0.05, 0) is 47.9 Å². The number of likely N-dealkylation sites (tertiary alicyclic amines) is 1. The van der Waals surface area contributed by atoms with Gasteiger partial charge in [0, 0.05) is 31.3 Å². The van der Waals surface area contributed by atoms with Crippen LogP contribution in [-0.4, -0.2) is 35.7 Å². The molecule has 0 bridgehead atoms. The summed E-state index contributed by atoms with van der Waals surface area (Å²) in [5.74, 6) is -1.96. The SMILES string of the molecule is CC(=O)Nc1ccc(NC(=O)C2CCCN(C(=O)c3cccc4ccccc34)C2)c(C(F)(F)F)c1. The highest BCUT2D eigenvalue weighted by molar-refractivity contribution is 6.07. The third-order valence-corrected chi connectivity index (χ3v) is 6.00. The van der Waals surface area contributed by atoms with E-state index in [0.29, 0.717) is 24.9 Å². The van der Waals surface area contributed by atoms with Crippen molar-refractivity contribution in [3.05, 3.63) is 71.8 Å². The second-order valence-corrected chi connectivity index (χ2v) is 8.55. The Morgan fingerprint density at radius 1 is 0.971 bits per heavy atom. The van der Waals surface area contributed by atoms with Gasteiger partial charge in [-0.15, -0.1) is 0 Å². The minimum Gasteiger partial charge on any atom is -0.338 e. The number of halogens is 3. The Hall–Kier alpha value is -3.88. The van der Waals surface area contributed by atoms with Gasteiger partial charge in [-0.1, -0.05) is 36.4 Å². The first kappa shape index (κ1) is 24.3. The van der Waals surface area contributed by atoms with Crippen molar-refractivity contribution in [1.82, 2.24) is 4.90 Å². The van der Waals surface area contributed by atoms with Crippen molar-refractivity contribution in [3.8, 4) is 0 Å². The van der Waals surface area contributed by atoms with Crippen LogP contribution in [0.25, 0.3) is 10.8 Å². The van der Waals surface area contributed by atoms with Crippen LogP contribution in [0.5, 0.6) is 0 Å². The van der Waals surface area contributed by atoms with E-state index in [4.69, 9.17) is 0 Å². The van der Waals surface area contributed by atoms with Gasteiger partial charge >= 0.3 is 6.18 Å². The number of fused-ring (bicyclic) bond motifs is 1. The second kappa shape index (κ2) is 9.77. The van der Waals surface area contributed by atoms with E-state index in [1.165, 1.54) is 13.0 Å². The number of carbonyl (C=O) groups is 3. The molecule has 6 nitrogen and oxygen atoms in total. The number of carbonyl (C=O) groups excluding carboxylic acids is 3. The maximum absolute atomic E-state index is 13.6. The van der Waals surface area contributed by atoms with Crippen LogP contribution in [0.3, 0.4) is 0 Å². The molecule has 3 aromatic rings. The lowest BCUT2D eigenvalue weighted by molar-refractivity contribution is -0.137. The fraction of sp³-hybridized carbons (Fsp3) is 0.269. The van der Waals surface area contributed by atoms with Crippen LogP contribution < -0.4 is 10.6 Å². The summed E-state index contributed by atoms with van der Waals surface area (Å²) in [7, 11) is 0. The summed E-state index contributed by atoms with van der Waals surface area (Å²) in [6.45, 7) is 1.77. The molecular weight excluding hydrogens is 459 g/mol. The zero-order valence-electron chi connectivity index (χ0n) is 19.0. The second-order valence-electron chi connectivity index (χ2n) is 8.55. The van der Waals surface area contributed by atoms with E-state index >= 15 is 0 Å². The zero-order valence-corrected chi connectivity index (χ0v) is 19.0. The molecular formula is C26H24F3N3O3. The van der Waals surface area contributed by atoms with E-state index in [2.05, 4.69) is 10.6 Å². The minimum absolute atomic E-state index is 0.0210. The highest BCUT2D eigenvalue weighted by Crippen LogP contribution is 2.37. The van der Waals surface area contributed by atoms with Crippen LogP contribution in [0.15, 0.2) is 60.7 Å². The summed E-state index contributed by atoms with van der Waals surface area (Å²) in [6, 6.07) is 16.2. The van der Waals surface area contributed by atoms with E-state index < -0.39 is 35.2 Å². The van der Waals surface area contributed by atoms with Crippen molar-refractivity contribution in [2.75, 3.05) is 23.7 Å². The molecule has 4 rings (SSSR count). The molecule has 1 unspecified atom stereocenters. The van der Waals surface area contributed by atoms with E-state index in [-0.39, 0.29) is 18.1 Å². The molecule has 3 amide bonds. The van der Waals surface area contributed by atoms with Gasteiger partial charge in [-0.3, -0.25) is 14.4 Å². The number of rotatable bonds is 4. The molecule has 35 heavy (non-hydrogen) atoms. The maximum atomic E-state index is 13.6. The van der Waals surface area contributed by atoms with Crippen molar-refractivity contribution in [2.24, 2.45) is 5.92 Å². The van der Waals surface area contributed by atoms with Crippen LogP contribution in [0, 0.1) is 5.92 Å². The summed E-state index contributed by atoms with van der Waals surface area (Å²) in [4.78, 5) is 39.0. The lowest BCUT2D eigenvalue weighted by Crippen LogP contribution is -2.44. The molecule has 0 spiro atoms. The Morgan fingerprint density at radius 3 is 2.46 bits per heavy atom. The Labute approximate surface area is 200 Å². The Morgan fingerprint density at radius 2 is 1.71 bits per heavy atom. The monoisotopic (exact) mass is 483 g/mol. The summed E-state index contributed by atoms with van der Waals surface area (Å²) < 4.78 is 40.9. The molecule has 2 N–H and O–H groups in total. The summed E-state index contributed by atoms with van der Waals surface area (Å²) >= 11 is 0. The highest BCUT2D eigenvalue weighted by Gasteiger charge is 2.36. The van der Waals surface area contributed by atoms with Crippen LogP contribution >= 0.6 is 0 Å². The smallest absolute Gasteiger partial charge is 0.338 e. The van der Waals surface area contributed by atoms with Crippen molar-refractivity contribution in [2.45, 2.75) is 25.9 Å². The van der Waals surface area contributed by atoms with Crippen LogP contribution in [0.4, 0.5) is 24.5 Å². The standard InChI is InChI=1S/C26H24F3N3O3/c1-16(33)30-19-11-12-23(22(14-19)26(27,28)29)31-24(34)18-8-5-13-32(15-18)25(35)21-10-4-7-17-6-2-3-9-20(17)21/h2-4,6-7,9-12,14,18H,5,8,13,15H2,1H3,(H,30,33)(H,31,34). The van der Waals surface area contributed by atoms with Crippen LogP contribution in [-0.2, 0) is 15.8 Å². The van der Waals surface area contributed by atoms with Gasteiger partial charge in [0.25, 0.3) is 5.91 Å². The summed E-state index contributed by atoms with van der Waals surface area (Å²) in [5.41, 5.74) is -0.949. The van der Waals surface area contributed by atoms with E-state index in [1.807, 2.05) is 30.3 Å². The number of nitrogens with zero attached hydrogens (tertiary/aromatic N) is 1. The van der Waals surface area contributed by atoms with Crippen molar-refractivity contribution in [1.29, 1.82) is 0 Å². The molecule has 0 aliphatic carbocycles. The number of amides is 3. The molecule has 1 aliphatic heterocycles. The molecule has 3 aromatic carbocycles. The number of benzene rings is 3. The van der Waals surface area contributed by atoms with Crippen molar-refractivity contribution < 1.29 is 27.6 Å². The first-order chi connectivity index (χ1) is 16.6. The van der Waals surface area contributed by atoms with Crippen LogP contribution in [0.2, 0.25) is 0 Å². The van der Waals surface area contributed by atoms with E-state index in [0.717, 1.165) is 22.9 Å². The molecule has 1 fully saturated rings. The van der Waals surface area contributed by atoms with Gasteiger partial charge in [0.2, 0.25) is 11.8 Å². The molecule has 182 valence electrons. The third kappa shape index (κ3) is 5.45. The predicted molar refractivity (Wildman–Crippen MR) is 127 cm³/mol. The maximum Gasteiger partial charge on any atom is 0.418 e. The van der Waals surface area contributed by atoms with Gasteiger partial charge in [0.1, 0.15) is 0 Å². The molecule has 0 radical (unpaired) electrons. The Bertz CT molecular complexity index is 1280. The summed E-state index contributed by atoms with van der Waals surface area (Å²) in [5, 5.41) is 6.43. The first-order valence-corrected chi connectivity index (χ1v) is 11.2. The quantitative estimate of drug-likeness (QED) is 0.528. The van der Waals surface area contributed by atoms with Gasteiger partial charge in [-0.2, -0.15) is 13.2 Å². The fourth-order valence-electron chi connectivity index (χ4n) is 4.36. The number of hydrogen-bond donors (Lipinski definition) is 2. The van der Waals surface area contributed by atoms with Crippen molar-refractivity contribution >= 4 is 39.9 Å². The minimum atomic E-state index is -4.74. The molecule has 1 atom stereocenters. The highest BCUT2D eigenvalue weighted by atomic mass is 19.4. The number of alkyl halides is 3. The third-order valence-electron chi connectivity index (χ3n) is 6.00. The molecule has 0 saturated carbocycles. The molecule has 0 aromatic heterocycles. The predicted octanol–water partition coefficient (Wildman–Crippen LogP) is 5.31. The van der Waals surface area contributed by atoms with Gasteiger partial charge in [0.05, 0.1) is 17.2 Å². The van der Waals surface area contributed by atoms with Crippen LogP contribution in [0.1, 0.15) is 35.7 Å². The van der Waals surface area contributed by atoms with E-state index in [1.54, 1.807) is 17.0 Å². The van der Waals surface area contributed by atoms with Crippen molar-refractivity contribution in [3.63, 3.8) is 0 Å². The first-order valence-electron chi connectivity index (χ1n) is 11.2. The Kier molecular flexibility index (Phi) is 6.77. The average molecular weight is 483 g/mol. The lowest BCUT2D eigenvalue weighted by Gasteiger charge is -2.32. The zero-order chi connectivity index (χ0) is 25.2. The topological polar surface area (TPSA) is 78.5 Å².